The van der Waals surface area contributed by atoms with Gasteiger partial charge in [-0.1, -0.05) is 15.9 Å². The molecule has 0 radical (unpaired) electrons. The summed E-state index contributed by atoms with van der Waals surface area (Å²) in [5.74, 6) is -0.0560. The first kappa shape index (κ1) is 16.5. The zero-order valence-electron chi connectivity index (χ0n) is 11.9. The Morgan fingerprint density at radius 3 is 2.38 bits per heavy atom. The summed E-state index contributed by atoms with van der Waals surface area (Å²) >= 11 is 3.29. The molecule has 1 aromatic rings. The predicted molar refractivity (Wildman–Crippen MR) is 84.3 cm³/mol. The van der Waals surface area contributed by atoms with Gasteiger partial charge in [-0.3, -0.25) is 4.79 Å². The SMILES string of the molecule is CCNC(=O)C1CCN(S(=O)(=O)c2ccc(Br)cc2)CC1. The maximum atomic E-state index is 12.5. The van der Waals surface area contributed by atoms with Crippen LogP contribution in [0.1, 0.15) is 19.8 Å². The van der Waals surface area contributed by atoms with Crippen LogP contribution in [0.25, 0.3) is 0 Å². The highest BCUT2D eigenvalue weighted by atomic mass is 79.9. The number of nitrogens with one attached hydrogen (secondary N) is 1. The molecule has 21 heavy (non-hydrogen) atoms. The molecule has 0 saturated carbocycles. The van der Waals surface area contributed by atoms with E-state index in [4.69, 9.17) is 0 Å². The van der Waals surface area contributed by atoms with E-state index in [1.165, 1.54) is 4.31 Å². The van der Waals surface area contributed by atoms with Crippen molar-refractivity contribution in [2.24, 2.45) is 5.92 Å². The first-order chi connectivity index (χ1) is 9.95. The van der Waals surface area contributed by atoms with E-state index in [1.807, 2.05) is 6.92 Å². The number of carbonyl (C=O) groups excluding carboxylic acids is 1. The molecule has 0 aliphatic carbocycles. The van der Waals surface area contributed by atoms with Gasteiger partial charge in [0, 0.05) is 30.0 Å². The van der Waals surface area contributed by atoms with Crippen molar-refractivity contribution in [3.05, 3.63) is 28.7 Å². The maximum absolute atomic E-state index is 12.5. The number of rotatable bonds is 4. The third-order valence-corrected chi connectivity index (χ3v) is 6.07. The van der Waals surface area contributed by atoms with Crippen LogP contribution < -0.4 is 5.32 Å². The van der Waals surface area contributed by atoms with E-state index in [1.54, 1.807) is 24.3 Å². The minimum absolute atomic E-state index is 0.0261. The van der Waals surface area contributed by atoms with Crippen molar-refractivity contribution in [1.82, 2.24) is 9.62 Å². The number of hydrogen-bond acceptors (Lipinski definition) is 3. The minimum atomic E-state index is -3.46. The Labute approximate surface area is 133 Å². The topological polar surface area (TPSA) is 66.5 Å². The third kappa shape index (κ3) is 3.84. The molecule has 116 valence electrons. The molecule has 0 bridgehead atoms. The third-order valence-electron chi connectivity index (χ3n) is 3.63. The van der Waals surface area contributed by atoms with Crippen LogP contribution in [-0.4, -0.2) is 38.3 Å². The van der Waals surface area contributed by atoms with E-state index in [-0.39, 0.29) is 11.8 Å². The lowest BCUT2D eigenvalue weighted by Gasteiger charge is -2.30. The van der Waals surface area contributed by atoms with E-state index in [2.05, 4.69) is 21.2 Å². The first-order valence-electron chi connectivity index (χ1n) is 6.98. The van der Waals surface area contributed by atoms with Crippen molar-refractivity contribution in [1.29, 1.82) is 0 Å². The molecule has 2 rings (SSSR count). The second-order valence-corrected chi connectivity index (χ2v) is 7.88. The minimum Gasteiger partial charge on any atom is -0.356 e. The van der Waals surface area contributed by atoms with Crippen LogP contribution in [0.5, 0.6) is 0 Å². The first-order valence-corrected chi connectivity index (χ1v) is 9.22. The van der Waals surface area contributed by atoms with E-state index < -0.39 is 10.0 Å². The molecule has 1 aromatic carbocycles. The van der Waals surface area contributed by atoms with Crippen molar-refractivity contribution in [3.63, 3.8) is 0 Å². The molecule has 1 aliphatic rings. The van der Waals surface area contributed by atoms with E-state index >= 15 is 0 Å². The van der Waals surface area contributed by atoms with Gasteiger partial charge in [0.1, 0.15) is 0 Å². The molecular weight excluding hydrogens is 356 g/mol. The molecule has 1 fully saturated rings. The lowest BCUT2D eigenvalue weighted by Crippen LogP contribution is -2.42. The second kappa shape index (κ2) is 6.89. The van der Waals surface area contributed by atoms with E-state index in [0.717, 1.165) is 4.47 Å². The van der Waals surface area contributed by atoms with Crippen LogP contribution in [0, 0.1) is 5.92 Å². The molecule has 1 saturated heterocycles. The van der Waals surface area contributed by atoms with Crippen molar-refractivity contribution in [2.45, 2.75) is 24.7 Å². The van der Waals surface area contributed by atoms with Gasteiger partial charge in [-0.2, -0.15) is 4.31 Å². The number of carbonyl (C=O) groups is 1. The molecule has 1 aliphatic heterocycles. The van der Waals surface area contributed by atoms with Gasteiger partial charge < -0.3 is 5.32 Å². The number of nitrogens with zero attached hydrogens (tertiary/aromatic N) is 1. The van der Waals surface area contributed by atoms with Gasteiger partial charge in [-0.25, -0.2) is 8.42 Å². The Morgan fingerprint density at radius 1 is 1.29 bits per heavy atom. The molecule has 1 amide bonds. The van der Waals surface area contributed by atoms with E-state index in [0.29, 0.717) is 37.4 Å². The fraction of sp³-hybridized carbons (Fsp3) is 0.500. The van der Waals surface area contributed by atoms with Crippen LogP contribution in [-0.2, 0) is 14.8 Å². The quantitative estimate of drug-likeness (QED) is 0.875. The standard InChI is InChI=1S/C14H19BrN2O3S/c1-2-16-14(18)11-7-9-17(10-8-11)21(19,20)13-5-3-12(15)4-6-13/h3-6,11H,2,7-10H2,1H3,(H,16,18). The molecule has 0 spiro atoms. The number of piperidine rings is 1. The summed E-state index contributed by atoms with van der Waals surface area (Å²) in [7, 11) is -3.46. The molecular formula is C14H19BrN2O3S. The van der Waals surface area contributed by atoms with Gasteiger partial charge >= 0.3 is 0 Å². The van der Waals surface area contributed by atoms with Crippen LogP contribution in [0.15, 0.2) is 33.6 Å². The Hall–Kier alpha value is -0.920. The Bertz CT molecular complexity index is 593. The van der Waals surface area contributed by atoms with Gasteiger partial charge in [0.15, 0.2) is 0 Å². The lowest BCUT2D eigenvalue weighted by atomic mass is 9.97. The van der Waals surface area contributed by atoms with Crippen LogP contribution >= 0.6 is 15.9 Å². The van der Waals surface area contributed by atoms with Gasteiger partial charge in [0.05, 0.1) is 4.90 Å². The summed E-state index contributed by atoms with van der Waals surface area (Å²) in [5.41, 5.74) is 0. The van der Waals surface area contributed by atoms with Gasteiger partial charge in [0.25, 0.3) is 0 Å². The summed E-state index contributed by atoms with van der Waals surface area (Å²) in [6.07, 6.45) is 1.14. The van der Waals surface area contributed by atoms with E-state index in [9.17, 15) is 13.2 Å². The molecule has 1 heterocycles. The zero-order chi connectivity index (χ0) is 15.5. The fourth-order valence-electron chi connectivity index (χ4n) is 2.43. The number of benzene rings is 1. The second-order valence-electron chi connectivity index (χ2n) is 5.03. The number of halogens is 1. The zero-order valence-corrected chi connectivity index (χ0v) is 14.3. The lowest BCUT2D eigenvalue weighted by molar-refractivity contribution is -0.126. The molecule has 0 unspecified atom stereocenters. The maximum Gasteiger partial charge on any atom is 0.243 e. The smallest absolute Gasteiger partial charge is 0.243 e. The molecule has 7 heteroatoms. The van der Waals surface area contributed by atoms with Crippen LogP contribution in [0.3, 0.4) is 0 Å². The molecule has 5 nitrogen and oxygen atoms in total. The average Bonchev–Trinajstić information content (AvgIpc) is 2.48. The molecule has 0 aromatic heterocycles. The van der Waals surface area contributed by atoms with Crippen molar-refractivity contribution in [2.75, 3.05) is 19.6 Å². The van der Waals surface area contributed by atoms with Crippen LogP contribution in [0.4, 0.5) is 0 Å². The summed E-state index contributed by atoms with van der Waals surface area (Å²) in [5, 5.41) is 2.79. The van der Waals surface area contributed by atoms with Crippen molar-refractivity contribution in [3.8, 4) is 0 Å². The van der Waals surface area contributed by atoms with Gasteiger partial charge in [0.2, 0.25) is 15.9 Å². The Morgan fingerprint density at radius 2 is 1.86 bits per heavy atom. The highest BCUT2D eigenvalue weighted by molar-refractivity contribution is 9.10. The summed E-state index contributed by atoms with van der Waals surface area (Å²) in [4.78, 5) is 12.1. The highest BCUT2D eigenvalue weighted by Crippen LogP contribution is 2.24. The highest BCUT2D eigenvalue weighted by Gasteiger charge is 2.31. The normalized spacial score (nSPS) is 17.6. The Kier molecular flexibility index (Phi) is 5.40. The Balaban J connectivity index is 2.04. The predicted octanol–water partition coefficient (Wildman–Crippen LogP) is 1.99. The molecule has 0 atom stereocenters. The summed E-state index contributed by atoms with van der Waals surface area (Å²) in [6, 6.07) is 6.62. The summed E-state index contributed by atoms with van der Waals surface area (Å²) in [6.45, 7) is 3.27. The summed E-state index contributed by atoms with van der Waals surface area (Å²) < 4.78 is 27.3. The van der Waals surface area contributed by atoms with Crippen molar-refractivity contribution < 1.29 is 13.2 Å². The largest absolute Gasteiger partial charge is 0.356 e. The number of amides is 1. The number of hydrogen-bond donors (Lipinski definition) is 1. The number of sulfonamides is 1. The molecule has 1 N–H and O–H groups in total. The van der Waals surface area contributed by atoms with Crippen LogP contribution in [0.2, 0.25) is 0 Å². The monoisotopic (exact) mass is 374 g/mol. The average molecular weight is 375 g/mol. The van der Waals surface area contributed by atoms with Crippen molar-refractivity contribution >= 4 is 31.9 Å². The van der Waals surface area contributed by atoms with Gasteiger partial charge in [-0.05, 0) is 44.0 Å². The van der Waals surface area contributed by atoms with Gasteiger partial charge in [-0.15, -0.1) is 0 Å². The fourth-order valence-corrected chi connectivity index (χ4v) is 4.17.